The van der Waals surface area contributed by atoms with Crippen molar-refractivity contribution in [3.63, 3.8) is 0 Å². The molecule has 1 atom stereocenters. The molecule has 0 radical (unpaired) electrons. The monoisotopic (exact) mass is 263 g/mol. The maximum atomic E-state index is 11.8. The Bertz CT molecular complexity index is 397. The summed E-state index contributed by atoms with van der Waals surface area (Å²) >= 11 is 0. The fourth-order valence-electron chi connectivity index (χ4n) is 2.25. The van der Waals surface area contributed by atoms with E-state index in [0.717, 1.165) is 19.5 Å². The van der Waals surface area contributed by atoms with Crippen LogP contribution < -0.4 is 16.2 Å². The second kappa shape index (κ2) is 7.06. The Kier molecular flexibility index (Phi) is 5.11. The fraction of sp³-hybridized carbons (Fsp3) is 0.538. The summed E-state index contributed by atoms with van der Waals surface area (Å²) in [5.74, 6) is 0.602. The Morgan fingerprint density at radius 2 is 2.42 bits per heavy atom. The first-order chi connectivity index (χ1) is 9.28. The Morgan fingerprint density at radius 3 is 3.16 bits per heavy atom. The number of carbonyl (C=O) groups is 1. The smallest absolute Gasteiger partial charge is 0.252 e. The molecule has 3 N–H and O–H groups in total. The molecule has 6 nitrogen and oxygen atoms in total. The minimum atomic E-state index is -0.0394. The maximum absolute atomic E-state index is 11.8. The van der Waals surface area contributed by atoms with Gasteiger partial charge in [0.2, 0.25) is 0 Å². The van der Waals surface area contributed by atoms with E-state index in [9.17, 15) is 4.79 Å². The van der Waals surface area contributed by atoms with Gasteiger partial charge in [0, 0.05) is 18.8 Å². The van der Waals surface area contributed by atoms with Crippen LogP contribution in [-0.2, 0) is 4.79 Å². The summed E-state index contributed by atoms with van der Waals surface area (Å²) in [7, 11) is 1.97. The Hall–Kier alpha value is -1.66. The van der Waals surface area contributed by atoms with E-state index in [2.05, 4.69) is 26.1 Å². The minimum absolute atomic E-state index is 0.0394. The van der Waals surface area contributed by atoms with Gasteiger partial charge >= 0.3 is 0 Å². The minimum Gasteiger partial charge on any atom is -0.316 e. The summed E-state index contributed by atoms with van der Waals surface area (Å²) in [6.45, 7) is 2.32. The standard InChI is InChI=1S/C13H21N5O/c1-14-11-5-4-8-18(9-11)10-13(19)17-16-12-6-2-3-7-15-12/h2-3,6-7,11,14H,4-5,8-10H2,1H3,(H,15,16)(H,17,19). The number of hydrazine groups is 1. The lowest BCUT2D eigenvalue weighted by Gasteiger charge is -2.31. The summed E-state index contributed by atoms with van der Waals surface area (Å²) in [4.78, 5) is 18.1. The molecule has 1 aliphatic rings. The number of likely N-dealkylation sites (tertiary alicyclic amines) is 1. The first kappa shape index (κ1) is 13.8. The van der Waals surface area contributed by atoms with Crippen molar-refractivity contribution in [2.45, 2.75) is 18.9 Å². The summed E-state index contributed by atoms with van der Waals surface area (Å²) in [5.41, 5.74) is 5.47. The highest BCUT2D eigenvalue weighted by Crippen LogP contribution is 2.08. The average molecular weight is 263 g/mol. The van der Waals surface area contributed by atoms with Crippen LogP contribution in [0.3, 0.4) is 0 Å². The number of piperidine rings is 1. The largest absolute Gasteiger partial charge is 0.316 e. The number of hydrogen-bond donors (Lipinski definition) is 3. The van der Waals surface area contributed by atoms with Gasteiger partial charge in [0.05, 0.1) is 6.54 Å². The van der Waals surface area contributed by atoms with Crippen LogP contribution in [0.25, 0.3) is 0 Å². The van der Waals surface area contributed by atoms with Gasteiger partial charge in [0.25, 0.3) is 5.91 Å². The van der Waals surface area contributed by atoms with Gasteiger partial charge in [0.1, 0.15) is 5.82 Å². The van der Waals surface area contributed by atoms with Crippen LogP contribution in [0, 0.1) is 0 Å². The molecule has 0 aliphatic carbocycles. The van der Waals surface area contributed by atoms with E-state index in [4.69, 9.17) is 0 Å². The van der Waals surface area contributed by atoms with Crippen LogP contribution in [0.4, 0.5) is 5.82 Å². The molecule has 0 saturated carbocycles. The second-order valence-corrected chi connectivity index (χ2v) is 4.75. The zero-order valence-corrected chi connectivity index (χ0v) is 11.2. The highest BCUT2D eigenvalue weighted by atomic mass is 16.2. The van der Waals surface area contributed by atoms with Gasteiger partial charge in [-0.3, -0.25) is 20.5 Å². The van der Waals surface area contributed by atoms with Gasteiger partial charge in [0.15, 0.2) is 0 Å². The van der Waals surface area contributed by atoms with E-state index in [1.807, 2.05) is 19.2 Å². The number of anilines is 1. The van der Waals surface area contributed by atoms with Crippen molar-refractivity contribution in [3.05, 3.63) is 24.4 Å². The molecule has 104 valence electrons. The van der Waals surface area contributed by atoms with Crippen molar-refractivity contribution in [1.29, 1.82) is 0 Å². The highest BCUT2D eigenvalue weighted by molar-refractivity contribution is 5.79. The predicted molar refractivity (Wildman–Crippen MR) is 74.5 cm³/mol. The third-order valence-electron chi connectivity index (χ3n) is 3.28. The molecule has 1 amide bonds. The summed E-state index contributed by atoms with van der Waals surface area (Å²) in [6.07, 6.45) is 3.99. The zero-order valence-electron chi connectivity index (χ0n) is 11.2. The van der Waals surface area contributed by atoms with Crippen molar-refractivity contribution in [2.75, 3.05) is 32.1 Å². The highest BCUT2D eigenvalue weighted by Gasteiger charge is 2.20. The van der Waals surface area contributed by atoms with Crippen LogP contribution in [0.2, 0.25) is 0 Å². The third kappa shape index (κ3) is 4.50. The number of likely N-dealkylation sites (N-methyl/N-ethyl adjacent to an activating group) is 1. The molecule has 1 fully saturated rings. The number of aromatic nitrogens is 1. The van der Waals surface area contributed by atoms with Crippen molar-refractivity contribution in [1.82, 2.24) is 20.6 Å². The molecule has 1 saturated heterocycles. The van der Waals surface area contributed by atoms with Crippen molar-refractivity contribution in [3.8, 4) is 0 Å². The van der Waals surface area contributed by atoms with Crippen molar-refractivity contribution in [2.24, 2.45) is 0 Å². The second-order valence-electron chi connectivity index (χ2n) is 4.75. The van der Waals surface area contributed by atoms with E-state index in [1.165, 1.54) is 6.42 Å². The molecular weight excluding hydrogens is 242 g/mol. The molecule has 19 heavy (non-hydrogen) atoms. The van der Waals surface area contributed by atoms with Crippen LogP contribution in [0.1, 0.15) is 12.8 Å². The van der Waals surface area contributed by atoms with Crippen LogP contribution in [0.15, 0.2) is 24.4 Å². The normalized spacial score (nSPS) is 19.9. The quantitative estimate of drug-likeness (QED) is 0.663. The molecule has 1 aromatic rings. The molecule has 1 unspecified atom stereocenters. The molecule has 1 aliphatic heterocycles. The number of carbonyl (C=O) groups excluding carboxylic acids is 1. The van der Waals surface area contributed by atoms with E-state index >= 15 is 0 Å². The number of nitrogens with one attached hydrogen (secondary N) is 3. The number of rotatable bonds is 5. The Labute approximate surface area is 113 Å². The molecule has 1 aromatic heterocycles. The fourth-order valence-corrected chi connectivity index (χ4v) is 2.25. The summed E-state index contributed by atoms with van der Waals surface area (Å²) in [5, 5.41) is 3.27. The molecule has 2 rings (SSSR count). The number of hydrogen-bond acceptors (Lipinski definition) is 5. The van der Waals surface area contributed by atoms with E-state index < -0.39 is 0 Å². The number of amides is 1. The summed E-state index contributed by atoms with van der Waals surface area (Å²) < 4.78 is 0. The lowest BCUT2D eigenvalue weighted by Crippen LogP contribution is -2.48. The van der Waals surface area contributed by atoms with Crippen LogP contribution in [-0.4, -0.2) is 48.5 Å². The van der Waals surface area contributed by atoms with Crippen LogP contribution >= 0.6 is 0 Å². The number of pyridine rings is 1. The third-order valence-corrected chi connectivity index (χ3v) is 3.28. The molecule has 2 heterocycles. The number of nitrogens with zero attached hydrogens (tertiary/aromatic N) is 2. The van der Waals surface area contributed by atoms with Crippen molar-refractivity contribution >= 4 is 11.7 Å². The first-order valence-corrected chi connectivity index (χ1v) is 6.63. The lowest BCUT2D eigenvalue weighted by molar-refractivity contribution is -0.122. The van der Waals surface area contributed by atoms with Gasteiger partial charge in [-0.15, -0.1) is 0 Å². The van der Waals surface area contributed by atoms with E-state index in [0.29, 0.717) is 18.4 Å². The Balaban J connectivity index is 1.72. The average Bonchev–Trinajstić information content (AvgIpc) is 2.46. The molecule has 6 heteroatoms. The predicted octanol–water partition coefficient (Wildman–Crippen LogP) is 0.209. The van der Waals surface area contributed by atoms with Gasteiger partial charge in [-0.1, -0.05) is 6.07 Å². The van der Waals surface area contributed by atoms with E-state index in [1.54, 1.807) is 12.3 Å². The lowest BCUT2D eigenvalue weighted by atomic mass is 10.1. The SMILES string of the molecule is CNC1CCCN(CC(=O)NNc2ccccn2)C1. The van der Waals surface area contributed by atoms with Gasteiger partial charge < -0.3 is 5.32 Å². The van der Waals surface area contributed by atoms with Crippen LogP contribution in [0.5, 0.6) is 0 Å². The van der Waals surface area contributed by atoms with E-state index in [-0.39, 0.29) is 5.91 Å². The van der Waals surface area contributed by atoms with Crippen molar-refractivity contribution < 1.29 is 4.79 Å². The van der Waals surface area contributed by atoms with Gasteiger partial charge in [-0.05, 0) is 38.6 Å². The topological polar surface area (TPSA) is 69.3 Å². The summed E-state index contributed by atoms with van der Waals surface area (Å²) in [6, 6.07) is 5.99. The zero-order chi connectivity index (χ0) is 13.5. The molecule has 0 spiro atoms. The Morgan fingerprint density at radius 1 is 1.53 bits per heavy atom. The van der Waals surface area contributed by atoms with Gasteiger partial charge in [-0.25, -0.2) is 4.98 Å². The molecular formula is C13H21N5O. The molecule has 0 aromatic carbocycles. The first-order valence-electron chi connectivity index (χ1n) is 6.63. The maximum Gasteiger partial charge on any atom is 0.252 e. The molecule has 0 bridgehead atoms. The van der Waals surface area contributed by atoms with Gasteiger partial charge in [-0.2, -0.15) is 0 Å².